The summed E-state index contributed by atoms with van der Waals surface area (Å²) in [5, 5.41) is 3.54. The van der Waals surface area contributed by atoms with E-state index in [2.05, 4.69) is 51.2 Å². The third-order valence-corrected chi connectivity index (χ3v) is 3.89. The van der Waals surface area contributed by atoms with Gasteiger partial charge in [-0.1, -0.05) is 20.8 Å². The van der Waals surface area contributed by atoms with Gasteiger partial charge in [0, 0.05) is 24.7 Å². The second kappa shape index (κ2) is 9.32. The minimum Gasteiger partial charge on any atom is -0.313 e. The number of likely N-dealkylation sites (N-methyl/N-ethyl adjacent to an activating group) is 1. The summed E-state index contributed by atoms with van der Waals surface area (Å²) in [5.41, 5.74) is 0. The standard InChI is InChI=1S/C13H30N2S/c1-7-13(10-14-11(2)3)15(5)12(4)8-9-16-6/h11-14H,7-10H2,1-6H3. The van der Waals surface area contributed by atoms with E-state index < -0.39 is 0 Å². The molecule has 0 saturated heterocycles. The summed E-state index contributed by atoms with van der Waals surface area (Å²) in [6, 6.07) is 1.94. The van der Waals surface area contributed by atoms with E-state index in [9.17, 15) is 0 Å². The van der Waals surface area contributed by atoms with Crippen LogP contribution in [-0.2, 0) is 0 Å². The van der Waals surface area contributed by atoms with Gasteiger partial charge in [-0.2, -0.15) is 11.8 Å². The third kappa shape index (κ3) is 6.77. The normalized spacial score (nSPS) is 15.8. The Morgan fingerprint density at radius 3 is 2.31 bits per heavy atom. The first-order chi connectivity index (χ1) is 7.52. The van der Waals surface area contributed by atoms with E-state index in [-0.39, 0.29) is 0 Å². The summed E-state index contributed by atoms with van der Waals surface area (Å²) in [6.45, 7) is 10.2. The Kier molecular flexibility index (Phi) is 9.47. The molecule has 0 spiro atoms. The first kappa shape index (κ1) is 16.3. The van der Waals surface area contributed by atoms with Crippen LogP contribution in [0.3, 0.4) is 0 Å². The molecule has 0 aromatic carbocycles. The molecule has 98 valence electrons. The Balaban J connectivity index is 4.02. The number of thioether (sulfide) groups is 1. The van der Waals surface area contributed by atoms with Gasteiger partial charge in [-0.3, -0.25) is 4.90 Å². The van der Waals surface area contributed by atoms with Crippen LogP contribution in [0, 0.1) is 0 Å². The van der Waals surface area contributed by atoms with Crippen molar-refractivity contribution in [2.75, 3.05) is 25.6 Å². The SMILES string of the molecule is CCC(CNC(C)C)N(C)C(C)CCSC. The maximum absolute atomic E-state index is 3.54. The van der Waals surface area contributed by atoms with Gasteiger partial charge in [0.1, 0.15) is 0 Å². The molecule has 3 heteroatoms. The lowest BCUT2D eigenvalue weighted by molar-refractivity contribution is 0.170. The summed E-state index contributed by atoms with van der Waals surface area (Å²) in [6.07, 6.45) is 4.69. The Morgan fingerprint density at radius 1 is 1.25 bits per heavy atom. The van der Waals surface area contributed by atoms with Crippen molar-refractivity contribution in [3.8, 4) is 0 Å². The van der Waals surface area contributed by atoms with Gasteiger partial charge in [-0.15, -0.1) is 0 Å². The van der Waals surface area contributed by atoms with Crippen molar-refractivity contribution in [3.05, 3.63) is 0 Å². The monoisotopic (exact) mass is 246 g/mol. The molecule has 2 nitrogen and oxygen atoms in total. The van der Waals surface area contributed by atoms with Crippen LogP contribution in [0.15, 0.2) is 0 Å². The Hall–Kier alpha value is 0.270. The van der Waals surface area contributed by atoms with Crippen molar-refractivity contribution in [2.45, 2.75) is 58.7 Å². The van der Waals surface area contributed by atoms with Crippen LogP contribution in [0.1, 0.15) is 40.5 Å². The quantitative estimate of drug-likeness (QED) is 0.673. The summed E-state index contributed by atoms with van der Waals surface area (Å²) in [4.78, 5) is 2.53. The average Bonchev–Trinajstić information content (AvgIpc) is 2.25. The number of hydrogen-bond acceptors (Lipinski definition) is 3. The molecule has 16 heavy (non-hydrogen) atoms. The average molecular weight is 246 g/mol. The van der Waals surface area contributed by atoms with Gasteiger partial charge in [0.15, 0.2) is 0 Å². The number of nitrogens with one attached hydrogen (secondary N) is 1. The van der Waals surface area contributed by atoms with Gasteiger partial charge in [-0.05, 0) is 38.8 Å². The fourth-order valence-electron chi connectivity index (χ4n) is 1.80. The van der Waals surface area contributed by atoms with Crippen LogP contribution >= 0.6 is 11.8 Å². The third-order valence-electron chi connectivity index (χ3n) is 3.24. The van der Waals surface area contributed by atoms with Gasteiger partial charge in [0.25, 0.3) is 0 Å². The Labute approximate surface area is 107 Å². The van der Waals surface area contributed by atoms with E-state index in [0.29, 0.717) is 18.1 Å². The van der Waals surface area contributed by atoms with Gasteiger partial charge in [-0.25, -0.2) is 0 Å². The highest BCUT2D eigenvalue weighted by Gasteiger charge is 2.17. The molecule has 0 saturated carbocycles. The van der Waals surface area contributed by atoms with E-state index in [1.54, 1.807) is 0 Å². The van der Waals surface area contributed by atoms with Crippen LogP contribution in [0.25, 0.3) is 0 Å². The predicted octanol–water partition coefficient (Wildman–Crippen LogP) is 2.84. The van der Waals surface area contributed by atoms with Crippen molar-refractivity contribution in [2.24, 2.45) is 0 Å². The van der Waals surface area contributed by atoms with E-state index in [1.165, 1.54) is 18.6 Å². The van der Waals surface area contributed by atoms with Gasteiger partial charge < -0.3 is 5.32 Å². The maximum atomic E-state index is 3.54. The second-order valence-electron chi connectivity index (χ2n) is 4.92. The zero-order chi connectivity index (χ0) is 12.6. The van der Waals surface area contributed by atoms with Crippen LogP contribution in [0.2, 0.25) is 0 Å². The van der Waals surface area contributed by atoms with E-state index in [4.69, 9.17) is 0 Å². The molecule has 0 rings (SSSR count). The molecule has 0 fully saturated rings. The highest BCUT2D eigenvalue weighted by molar-refractivity contribution is 7.98. The van der Waals surface area contributed by atoms with Crippen molar-refractivity contribution in [1.82, 2.24) is 10.2 Å². The largest absolute Gasteiger partial charge is 0.313 e. The molecule has 0 bridgehead atoms. The first-order valence-corrected chi connectivity index (χ1v) is 7.86. The van der Waals surface area contributed by atoms with E-state index >= 15 is 0 Å². The molecule has 0 heterocycles. The van der Waals surface area contributed by atoms with E-state index in [1.807, 2.05) is 11.8 Å². The van der Waals surface area contributed by atoms with Crippen molar-refractivity contribution in [3.63, 3.8) is 0 Å². The summed E-state index contributed by atoms with van der Waals surface area (Å²) in [5.74, 6) is 1.26. The van der Waals surface area contributed by atoms with E-state index in [0.717, 1.165) is 6.54 Å². The second-order valence-corrected chi connectivity index (χ2v) is 5.91. The number of hydrogen-bond donors (Lipinski definition) is 1. The number of nitrogens with zero attached hydrogens (tertiary/aromatic N) is 1. The minimum absolute atomic E-state index is 0.587. The molecule has 0 aliphatic heterocycles. The smallest absolute Gasteiger partial charge is 0.0217 e. The lowest BCUT2D eigenvalue weighted by atomic mass is 10.1. The molecular weight excluding hydrogens is 216 g/mol. The fraction of sp³-hybridized carbons (Fsp3) is 1.00. The lowest BCUT2D eigenvalue weighted by Crippen LogP contribution is -2.45. The van der Waals surface area contributed by atoms with Crippen molar-refractivity contribution >= 4 is 11.8 Å². The molecule has 0 amide bonds. The summed E-state index contributed by atoms with van der Waals surface area (Å²) in [7, 11) is 2.27. The van der Waals surface area contributed by atoms with Crippen LogP contribution in [0.4, 0.5) is 0 Å². The van der Waals surface area contributed by atoms with Crippen LogP contribution in [0.5, 0.6) is 0 Å². The molecule has 1 N–H and O–H groups in total. The van der Waals surface area contributed by atoms with Crippen molar-refractivity contribution in [1.29, 1.82) is 0 Å². The Bertz CT molecular complexity index is 162. The van der Waals surface area contributed by atoms with Gasteiger partial charge in [0.05, 0.1) is 0 Å². The highest BCUT2D eigenvalue weighted by Crippen LogP contribution is 2.11. The zero-order valence-corrected chi connectivity index (χ0v) is 12.7. The molecule has 0 aromatic rings. The minimum atomic E-state index is 0.587. The first-order valence-electron chi connectivity index (χ1n) is 6.47. The van der Waals surface area contributed by atoms with Crippen molar-refractivity contribution < 1.29 is 0 Å². The van der Waals surface area contributed by atoms with Crippen LogP contribution < -0.4 is 5.32 Å². The fourth-order valence-corrected chi connectivity index (χ4v) is 2.38. The summed E-state index contributed by atoms with van der Waals surface area (Å²) >= 11 is 1.94. The number of rotatable bonds is 9. The van der Waals surface area contributed by atoms with Gasteiger partial charge in [0.2, 0.25) is 0 Å². The van der Waals surface area contributed by atoms with Crippen LogP contribution in [-0.4, -0.2) is 48.6 Å². The lowest BCUT2D eigenvalue weighted by Gasteiger charge is -2.33. The molecule has 0 radical (unpaired) electrons. The molecule has 0 aliphatic rings. The molecular formula is C13H30N2S. The Morgan fingerprint density at radius 2 is 1.88 bits per heavy atom. The van der Waals surface area contributed by atoms with Gasteiger partial charge >= 0.3 is 0 Å². The molecule has 0 aromatic heterocycles. The maximum Gasteiger partial charge on any atom is 0.0217 e. The topological polar surface area (TPSA) is 15.3 Å². The highest BCUT2D eigenvalue weighted by atomic mass is 32.2. The zero-order valence-electron chi connectivity index (χ0n) is 11.9. The predicted molar refractivity (Wildman–Crippen MR) is 77.4 cm³/mol. The molecule has 2 atom stereocenters. The molecule has 0 aliphatic carbocycles. The summed E-state index contributed by atoms with van der Waals surface area (Å²) < 4.78 is 0. The molecule has 2 unspecified atom stereocenters.